The fourth-order valence-corrected chi connectivity index (χ4v) is 6.14. The molecule has 1 aliphatic rings. The molecule has 3 heterocycles. The van der Waals surface area contributed by atoms with Crippen LogP contribution in [-0.2, 0) is 25.6 Å². The summed E-state index contributed by atoms with van der Waals surface area (Å²) in [7, 11) is -2.00. The van der Waals surface area contributed by atoms with E-state index in [1.165, 1.54) is 0 Å². The van der Waals surface area contributed by atoms with E-state index in [4.69, 9.17) is 33.6 Å². The lowest BCUT2D eigenvalue weighted by molar-refractivity contribution is -0.0365. The SMILES string of the molecule is C[C@@H](COCCOCCOCc1ccccc1)n1cc(-c2nn(C3CCCCO3)c3ccc(O[Si](C)(C)C(C)(C)C)cc23)cn1. The predicted octanol–water partition coefficient (Wildman–Crippen LogP) is 7.79. The lowest BCUT2D eigenvalue weighted by Gasteiger charge is -2.36. The van der Waals surface area contributed by atoms with Crippen molar-refractivity contribution in [2.45, 2.75) is 84.0 Å². The van der Waals surface area contributed by atoms with Crippen LogP contribution >= 0.6 is 0 Å². The van der Waals surface area contributed by atoms with E-state index in [2.05, 4.69) is 82.0 Å². The van der Waals surface area contributed by atoms with E-state index in [0.29, 0.717) is 39.6 Å². The molecule has 1 unspecified atom stereocenters. The third kappa shape index (κ3) is 8.62. The minimum atomic E-state index is -2.00. The van der Waals surface area contributed by atoms with E-state index in [1.54, 1.807) is 0 Å². The lowest BCUT2D eigenvalue weighted by atomic mass is 10.1. The molecule has 0 amide bonds. The molecule has 0 spiro atoms. The molecule has 10 heteroatoms. The number of hydrogen-bond acceptors (Lipinski definition) is 7. The standard InChI is InChI=1S/C35H50N4O5Si/c1-27(25-41-20-18-40-19-21-42-26-28-12-8-7-9-13-28)38-24-29(23-36-38)34-31-22-30(44-45(5,6)35(2,3)4)15-16-32(31)39(37-34)33-14-10-11-17-43-33/h7-9,12-13,15-16,22-24,27,33H,10-11,14,17-21,25-26H2,1-6H3/t27-,33?/m0/s1. The van der Waals surface area contributed by atoms with Gasteiger partial charge in [0, 0.05) is 23.8 Å². The second-order valence-corrected chi connectivity index (χ2v) is 18.2. The summed E-state index contributed by atoms with van der Waals surface area (Å²) in [6.07, 6.45) is 7.07. The quantitative estimate of drug-likeness (QED) is 0.0975. The lowest BCUT2D eigenvalue weighted by Crippen LogP contribution is -2.43. The molecule has 1 fully saturated rings. The van der Waals surface area contributed by atoms with Gasteiger partial charge >= 0.3 is 0 Å². The molecule has 45 heavy (non-hydrogen) atoms. The number of fused-ring (bicyclic) bond motifs is 1. The molecule has 2 aromatic carbocycles. The third-order valence-corrected chi connectivity index (χ3v) is 13.2. The van der Waals surface area contributed by atoms with Gasteiger partial charge in [0.05, 0.1) is 57.4 Å². The van der Waals surface area contributed by atoms with Gasteiger partial charge in [-0.3, -0.25) is 4.68 Å². The monoisotopic (exact) mass is 634 g/mol. The van der Waals surface area contributed by atoms with E-state index < -0.39 is 8.32 Å². The van der Waals surface area contributed by atoms with E-state index in [-0.39, 0.29) is 17.3 Å². The Bertz CT molecular complexity index is 1490. The Kier molecular flexibility index (Phi) is 11.1. The first-order chi connectivity index (χ1) is 21.6. The summed E-state index contributed by atoms with van der Waals surface area (Å²) in [6.45, 7) is 17.5. The number of benzene rings is 2. The molecule has 5 rings (SSSR count). The molecule has 244 valence electrons. The van der Waals surface area contributed by atoms with Crippen molar-refractivity contribution >= 4 is 19.2 Å². The summed E-state index contributed by atoms with van der Waals surface area (Å²) >= 11 is 0. The first-order valence-electron chi connectivity index (χ1n) is 16.3. The number of hydrogen-bond donors (Lipinski definition) is 0. The van der Waals surface area contributed by atoms with Gasteiger partial charge < -0.3 is 23.4 Å². The fourth-order valence-electron chi connectivity index (χ4n) is 5.11. The molecular formula is C35H50N4O5Si. The van der Waals surface area contributed by atoms with E-state index in [0.717, 1.165) is 59.3 Å². The van der Waals surface area contributed by atoms with Crippen LogP contribution < -0.4 is 4.43 Å². The van der Waals surface area contributed by atoms with Crippen molar-refractivity contribution in [1.29, 1.82) is 0 Å². The Morgan fingerprint density at radius 2 is 1.73 bits per heavy atom. The molecule has 2 aromatic heterocycles. The van der Waals surface area contributed by atoms with Crippen molar-refractivity contribution in [3.63, 3.8) is 0 Å². The molecule has 0 saturated carbocycles. The minimum absolute atomic E-state index is 0.0560. The van der Waals surface area contributed by atoms with E-state index in [9.17, 15) is 0 Å². The normalized spacial score (nSPS) is 16.7. The second kappa shape index (κ2) is 15.0. The zero-order chi connectivity index (χ0) is 31.9. The summed E-state index contributed by atoms with van der Waals surface area (Å²) in [5.41, 5.74) is 4.07. The average Bonchev–Trinajstić information content (AvgIpc) is 3.66. The first kappa shape index (κ1) is 33.3. The summed E-state index contributed by atoms with van der Waals surface area (Å²) in [4.78, 5) is 0. The van der Waals surface area contributed by atoms with Crippen molar-refractivity contribution in [1.82, 2.24) is 19.6 Å². The molecular weight excluding hydrogens is 584 g/mol. The molecule has 1 aliphatic heterocycles. The summed E-state index contributed by atoms with van der Waals surface area (Å²) in [6, 6.07) is 16.6. The van der Waals surface area contributed by atoms with Crippen molar-refractivity contribution < 1.29 is 23.4 Å². The van der Waals surface area contributed by atoms with Crippen LogP contribution in [0.3, 0.4) is 0 Å². The highest BCUT2D eigenvalue weighted by atomic mass is 28.4. The van der Waals surface area contributed by atoms with Crippen LogP contribution in [-0.4, -0.2) is 67.5 Å². The molecule has 1 saturated heterocycles. The van der Waals surface area contributed by atoms with Gasteiger partial charge in [-0.1, -0.05) is 51.1 Å². The number of aromatic nitrogens is 4. The van der Waals surface area contributed by atoms with Crippen LogP contribution in [0, 0.1) is 0 Å². The zero-order valence-corrected chi connectivity index (χ0v) is 28.8. The van der Waals surface area contributed by atoms with Gasteiger partial charge in [-0.05, 0) is 68.1 Å². The van der Waals surface area contributed by atoms with Gasteiger partial charge in [0.25, 0.3) is 0 Å². The van der Waals surface area contributed by atoms with Crippen LogP contribution in [0.25, 0.3) is 22.2 Å². The molecule has 0 N–H and O–H groups in total. The highest BCUT2D eigenvalue weighted by Gasteiger charge is 2.39. The van der Waals surface area contributed by atoms with Crippen molar-refractivity contribution in [3.05, 3.63) is 66.5 Å². The molecule has 0 bridgehead atoms. The third-order valence-electron chi connectivity index (χ3n) is 8.83. The Hall–Kier alpha value is -3.02. The molecule has 0 aliphatic carbocycles. The highest BCUT2D eigenvalue weighted by molar-refractivity contribution is 6.74. The highest BCUT2D eigenvalue weighted by Crippen LogP contribution is 2.40. The smallest absolute Gasteiger partial charge is 0.250 e. The van der Waals surface area contributed by atoms with Crippen molar-refractivity contribution in [2.75, 3.05) is 39.6 Å². The van der Waals surface area contributed by atoms with E-state index in [1.807, 2.05) is 29.1 Å². The summed E-state index contributed by atoms with van der Waals surface area (Å²) in [5, 5.41) is 11.0. The average molecular weight is 635 g/mol. The van der Waals surface area contributed by atoms with Crippen LogP contribution in [0.2, 0.25) is 18.1 Å². The topological polar surface area (TPSA) is 81.8 Å². The van der Waals surface area contributed by atoms with Gasteiger partial charge in [-0.15, -0.1) is 0 Å². The summed E-state index contributed by atoms with van der Waals surface area (Å²) < 4.78 is 34.1. The molecule has 2 atom stereocenters. The Morgan fingerprint density at radius 1 is 0.978 bits per heavy atom. The minimum Gasteiger partial charge on any atom is -0.543 e. The maximum absolute atomic E-state index is 6.69. The van der Waals surface area contributed by atoms with Gasteiger partial charge in [-0.2, -0.15) is 10.2 Å². The van der Waals surface area contributed by atoms with Crippen LogP contribution in [0.5, 0.6) is 5.75 Å². The Balaban J connectivity index is 1.19. The molecule has 4 aromatic rings. The summed E-state index contributed by atoms with van der Waals surface area (Å²) in [5.74, 6) is 0.888. The van der Waals surface area contributed by atoms with E-state index >= 15 is 0 Å². The van der Waals surface area contributed by atoms with Gasteiger partial charge in [0.1, 0.15) is 11.4 Å². The second-order valence-electron chi connectivity index (χ2n) is 13.4. The predicted molar refractivity (Wildman–Crippen MR) is 180 cm³/mol. The van der Waals surface area contributed by atoms with Gasteiger partial charge in [0.2, 0.25) is 8.32 Å². The Morgan fingerprint density at radius 3 is 2.47 bits per heavy atom. The number of nitrogens with zero attached hydrogens (tertiary/aromatic N) is 4. The van der Waals surface area contributed by atoms with Crippen LogP contribution in [0.4, 0.5) is 0 Å². The number of ether oxygens (including phenoxy) is 4. The molecule has 0 radical (unpaired) electrons. The largest absolute Gasteiger partial charge is 0.543 e. The van der Waals surface area contributed by atoms with Crippen LogP contribution in [0.1, 0.15) is 64.8 Å². The number of rotatable bonds is 15. The first-order valence-corrected chi connectivity index (χ1v) is 19.2. The van der Waals surface area contributed by atoms with Gasteiger partial charge in [-0.25, -0.2) is 4.68 Å². The maximum atomic E-state index is 6.69. The zero-order valence-electron chi connectivity index (χ0n) is 27.8. The van der Waals surface area contributed by atoms with Crippen LogP contribution in [0.15, 0.2) is 60.9 Å². The van der Waals surface area contributed by atoms with Crippen molar-refractivity contribution in [2.24, 2.45) is 0 Å². The fraction of sp³-hybridized carbons (Fsp3) is 0.543. The van der Waals surface area contributed by atoms with Gasteiger partial charge in [0.15, 0.2) is 6.23 Å². The Labute approximate surface area is 268 Å². The maximum Gasteiger partial charge on any atom is 0.250 e. The molecule has 9 nitrogen and oxygen atoms in total. The van der Waals surface area contributed by atoms with Crippen molar-refractivity contribution in [3.8, 4) is 17.0 Å².